The minimum Gasteiger partial charge on any atom is -0.242 e. The molecule has 1 aromatic heterocycles. The summed E-state index contributed by atoms with van der Waals surface area (Å²) in [6.45, 7) is 4.62. The SMILES string of the molecule is C=CC(=O)OOC(=O)/C(C)=C/c1ccnnn1. The normalized spacial score (nSPS) is 10.5. The average Bonchev–Trinajstić information content (AvgIpc) is 2.36. The lowest BCUT2D eigenvalue weighted by Gasteiger charge is -2.00. The fourth-order valence-electron chi connectivity index (χ4n) is 0.787. The van der Waals surface area contributed by atoms with Crippen molar-refractivity contribution in [1.82, 2.24) is 15.4 Å². The summed E-state index contributed by atoms with van der Waals surface area (Å²) >= 11 is 0. The van der Waals surface area contributed by atoms with Gasteiger partial charge in [0.15, 0.2) is 0 Å². The highest BCUT2D eigenvalue weighted by molar-refractivity contribution is 5.93. The van der Waals surface area contributed by atoms with E-state index in [0.29, 0.717) is 5.69 Å². The maximum atomic E-state index is 11.3. The highest BCUT2D eigenvalue weighted by Crippen LogP contribution is 2.04. The molecule has 0 N–H and O–H groups in total. The van der Waals surface area contributed by atoms with Gasteiger partial charge in [-0.15, -0.1) is 10.2 Å². The first-order chi connectivity index (χ1) is 8.13. The van der Waals surface area contributed by atoms with Gasteiger partial charge in [-0.25, -0.2) is 19.4 Å². The molecule has 0 unspecified atom stereocenters. The van der Waals surface area contributed by atoms with Crippen LogP contribution in [0.25, 0.3) is 6.08 Å². The fourth-order valence-corrected chi connectivity index (χ4v) is 0.787. The van der Waals surface area contributed by atoms with Gasteiger partial charge in [0.2, 0.25) is 0 Å². The molecule has 0 bridgehead atoms. The smallest absolute Gasteiger partial charge is 0.242 e. The Balaban J connectivity index is 2.61. The van der Waals surface area contributed by atoms with Gasteiger partial charge >= 0.3 is 11.9 Å². The zero-order valence-corrected chi connectivity index (χ0v) is 8.99. The molecule has 88 valence electrons. The first kappa shape index (κ1) is 12.5. The minimum atomic E-state index is -0.852. The van der Waals surface area contributed by atoms with Gasteiger partial charge in [0, 0.05) is 11.6 Å². The first-order valence-corrected chi connectivity index (χ1v) is 4.51. The molecule has 1 rings (SSSR count). The summed E-state index contributed by atoms with van der Waals surface area (Å²) in [6.07, 6.45) is 3.72. The highest BCUT2D eigenvalue weighted by Gasteiger charge is 2.09. The average molecular weight is 235 g/mol. The highest BCUT2D eigenvalue weighted by atomic mass is 17.2. The maximum absolute atomic E-state index is 11.3. The van der Waals surface area contributed by atoms with E-state index in [2.05, 4.69) is 31.8 Å². The second-order valence-electron chi connectivity index (χ2n) is 2.85. The summed E-state index contributed by atoms with van der Waals surface area (Å²) in [5.41, 5.74) is 0.631. The summed E-state index contributed by atoms with van der Waals surface area (Å²) in [4.78, 5) is 30.3. The van der Waals surface area contributed by atoms with Gasteiger partial charge in [-0.2, -0.15) is 0 Å². The zero-order valence-electron chi connectivity index (χ0n) is 8.99. The Morgan fingerprint density at radius 2 is 2.18 bits per heavy atom. The van der Waals surface area contributed by atoms with Crippen LogP contribution >= 0.6 is 0 Å². The van der Waals surface area contributed by atoms with E-state index in [9.17, 15) is 9.59 Å². The van der Waals surface area contributed by atoms with Crippen LogP contribution in [0.3, 0.4) is 0 Å². The third-order valence-corrected chi connectivity index (χ3v) is 1.58. The van der Waals surface area contributed by atoms with Crippen molar-refractivity contribution in [2.45, 2.75) is 6.92 Å². The van der Waals surface area contributed by atoms with E-state index in [1.165, 1.54) is 19.2 Å². The van der Waals surface area contributed by atoms with Crippen molar-refractivity contribution in [3.05, 3.63) is 36.2 Å². The molecule has 0 saturated carbocycles. The van der Waals surface area contributed by atoms with Gasteiger partial charge in [0.1, 0.15) is 0 Å². The van der Waals surface area contributed by atoms with Crippen LogP contribution in [-0.4, -0.2) is 27.3 Å². The standard InChI is InChI=1S/C10H9N3O4/c1-3-9(14)16-17-10(15)7(2)6-8-4-5-11-13-12-8/h3-6H,1H2,2H3/b7-6+. The molecule has 0 amide bonds. The molecule has 1 heterocycles. The summed E-state index contributed by atoms with van der Waals surface area (Å²) in [5.74, 6) is -1.66. The monoisotopic (exact) mass is 235 g/mol. The van der Waals surface area contributed by atoms with E-state index in [4.69, 9.17) is 0 Å². The third kappa shape index (κ3) is 4.20. The van der Waals surface area contributed by atoms with Crippen molar-refractivity contribution >= 4 is 18.0 Å². The molecule has 0 aliphatic heterocycles. The van der Waals surface area contributed by atoms with Crippen LogP contribution in [0.2, 0.25) is 0 Å². The fraction of sp³-hybridized carbons (Fsp3) is 0.100. The van der Waals surface area contributed by atoms with E-state index in [-0.39, 0.29) is 5.57 Å². The van der Waals surface area contributed by atoms with Gasteiger partial charge in [-0.1, -0.05) is 6.58 Å². The van der Waals surface area contributed by atoms with Gasteiger partial charge in [0.05, 0.1) is 11.9 Å². The molecular weight excluding hydrogens is 226 g/mol. The Kier molecular flexibility index (Phi) is 4.49. The van der Waals surface area contributed by atoms with Crippen LogP contribution in [-0.2, 0) is 19.4 Å². The molecule has 17 heavy (non-hydrogen) atoms. The Morgan fingerprint density at radius 3 is 2.76 bits per heavy atom. The Morgan fingerprint density at radius 1 is 1.41 bits per heavy atom. The van der Waals surface area contributed by atoms with Crippen molar-refractivity contribution in [1.29, 1.82) is 0 Å². The van der Waals surface area contributed by atoms with Crippen LogP contribution in [0, 0.1) is 0 Å². The maximum Gasteiger partial charge on any atom is 0.382 e. The zero-order chi connectivity index (χ0) is 12.7. The second-order valence-corrected chi connectivity index (χ2v) is 2.85. The van der Waals surface area contributed by atoms with Gasteiger partial charge < -0.3 is 0 Å². The van der Waals surface area contributed by atoms with Crippen molar-refractivity contribution < 1.29 is 19.4 Å². The molecule has 0 aliphatic carbocycles. The lowest BCUT2D eigenvalue weighted by molar-refractivity contribution is -0.251. The summed E-state index contributed by atoms with van der Waals surface area (Å²) < 4.78 is 0. The predicted molar refractivity (Wildman–Crippen MR) is 55.9 cm³/mol. The molecule has 0 aromatic carbocycles. The van der Waals surface area contributed by atoms with Gasteiger partial charge in [-0.05, 0) is 24.3 Å². The van der Waals surface area contributed by atoms with E-state index in [0.717, 1.165) is 6.08 Å². The van der Waals surface area contributed by atoms with E-state index >= 15 is 0 Å². The molecule has 0 spiro atoms. The van der Waals surface area contributed by atoms with E-state index in [1.807, 2.05) is 0 Å². The summed E-state index contributed by atoms with van der Waals surface area (Å²) in [5, 5.41) is 10.5. The Hall–Kier alpha value is -2.57. The number of hydrogen-bond donors (Lipinski definition) is 0. The number of carbonyl (C=O) groups is 2. The van der Waals surface area contributed by atoms with Crippen LogP contribution < -0.4 is 0 Å². The van der Waals surface area contributed by atoms with Crippen LogP contribution in [0.5, 0.6) is 0 Å². The largest absolute Gasteiger partial charge is 0.382 e. The molecular formula is C10H9N3O4. The molecule has 0 aliphatic rings. The Bertz CT molecular complexity index is 456. The number of hydrogen-bond acceptors (Lipinski definition) is 7. The number of nitrogens with zero attached hydrogens (tertiary/aromatic N) is 3. The molecule has 0 saturated heterocycles. The molecule has 0 fully saturated rings. The minimum absolute atomic E-state index is 0.197. The lowest BCUT2D eigenvalue weighted by Crippen LogP contribution is -2.10. The lowest BCUT2D eigenvalue weighted by atomic mass is 10.2. The third-order valence-electron chi connectivity index (χ3n) is 1.58. The first-order valence-electron chi connectivity index (χ1n) is 4.51. The van der Waals surface area contributed by atoms with Crippen molar-refractivity contribution in [2.75, 3.05) is 0 Å². The van der Waals surface area contributed by atoms with E-state index < -0.39 is 11.9 Å². The van der Waals surface area contributed by atoms with E-state index in [1.54, 1.807) is 6.07 Å². The molecule has 7 heteroatoms. The van der Waals surface area contributed by atoms with Crippen molar-refractivity contribution in [2.24, 2.45) is 0 Å². The second kappa shape index (κ2) is 6.11. The predicted octanol–water partition coefficient (Wildman–Crippen LogP) is 0.462. The Labute approximate surface area is 96.7 Å². The van der Waals surface area contributed by atoms with Crippen molar-refractivity contribution in [3.63, 3.8) is 0 Å². The van der Waals surface area contributed by atoms with Crippen LogP contribution in [0.15, 0.2) is 30.5 Å². The molecule has 0 atom stereocenters. The summed E-state index contributed by atoms with van der Waals surface area (Å²) in [7, 11) is 0. The van der Waals surface area contributed by atoms with Crippen molar-refractivity contribution in [3.8, 4) is 0 Å². The van der Waals surface area contributed by atoms with Gasteiger partial charge in [-0.3, -0.25) is 0 Å². The summed E-state index contributed by atoms with van der Waals surface area (Å²) in [6, 6.07) is 1.56. The molecule has 1 aromatic rings. The molecule has 0 radical (unpaired) electrons. The number of aromatic nitrogens is 3. The quantitative estimate of drug-likeness (QED) is 0.427. The molecule has 7 nitrogen and oxygen atoms in total. The van der Waals surface area contributed by atoms with Crippen LogP contribution in [0.4, 0.5) is 0 Å². The number of rotatable bonds is 3. The van der Waals surface area contributed by atoms with Gasteiger partial charge in [0.25, 0.3) is 0 Å². The number of carbonyl (C=O) groups excluding carboxylic acids is 2. The van der Waals surface area contributed by atoms with Crippen LogP contribution in [0.1, 0.15) is 12.6 Å². The topological polar surface area (TPSA) is 91.3 Å².